The molecule has 1 N–H and O–H groups in total. The van der Waals surface area contributed by atoms with Crippen LogP contribution in [0.15, 0.2) is 10.6 Å². The lowest BCUT2D eigenvalue weighted by atomic mass is 9.96. The third-order valence-corrected chi connectivity index (χ3v) is 4.57. The number of hydrogen-bond donors (Lipinski definition) is 1. The van der Waals surface area contributed by atoms with Gasteiger partial charge in [0.1, 0.15) is 5.76 Å². The highest BCUT2D eigenvalue weighted by molar-refractivity contribution is 6.39. The molecule has 0 aromatic carbocycles. The topological polar surface area (TPSA) is 75.4 Å². The summed E-state index contributed by atoms with van der Waals surface area (Å²) in [5.41, 5.74) is 0. The number of nitrogens with one attached hydrogen (secondary N) is 1. The van der Waals surface area contributed by atoms with E-state index in [0.29, 0.717) is 24.0 Å². The monoisotopic (exact) mass is 291 g/mol. The molecule has 6 heteroatoms. The number of carbonyl (C=O) groups excluding carboxylic acids is 2. The van der Waals surface area contributed by atoms with Crippen molar-refractivity contribution in [3.05, 3.63) is 11.8 Å². The lowest BCUT2D eigenvalue weighted by molar-refractivity contribution is -0.144. The number of likely N-dealkylation sites (tertiary alicyclic amines) is 1. The van der Waals surface area contributed by atoms with Crippen LogP contribution in [0.4, 0.5) is 5.82 Å². The molecule has 1 aliphatic heterocycles. The van der Waals surface area contributed by atoms with Crippen LogP contribution in [0.5, 0.6) is 0 Å². The molecule has 0 spiro atoms. The van der Waals surface area contributed by atoms with Gasteiger partial charge in [-0.1, -0.05) is 18.0 Å². The molecular weight excluding hydrogens is 270 g/mol. The number of nitrogens with zero attached hydrogens (tertiary/aromatic N) is 2. The Balaban J connectivity index is 1.64. The van der Waals surface area contributed by atoms with Gasteiger partial charge < -0.3 is 9.42 Å². The number of aryl methyl sites for hydroxylation is 1. The molecule has 0 unspecified atom stereocenters. The van der Waals surface area contributed by atoms with Crippen LogP contribution in [0.1, 0.15) is 44.3 Å². The molecule has 1 atom stereocenters. The van der Waals surface area contributed by atoms with E-state index in [9.17, 15) is 9.59 Å². The molecule has 21 heavy (non-hydrogen) atoms. The first-order chi connectivity index (χ1) is 10.1. The van der Waals surface area contributed by atoms with Gasteiger partial charge in [-0.2, -0.15) is 0 Å². The predicted molar refractivity (Wildman–Crippen MR) is 76.6 cm³/mol. The molecule has 1 aromatic rings. The fourth-order valence-electron chi connectivity index (χ4n) is 3.60. The molecule has 1 aliphatic carbocycles. The van der Waals surface area contributed by atoms with Crippen molar-refractivity contribution in [3.8, 4) is 0 Å². The zero-order valence-corrected chi connectivity index (χ0v) is 12.3. The van der Waals surface area contributed by atoms with Crippen LogP contribution in [0.3, 0.4) is 0 Å². The van der Waals surface area contributed by atoms with Crippen molar-refractivity contribution in [1.29, 1.82) is 0 Å². The minimum absolute atomic E-state index is 0.241. The van der Waals surface area contributed by atoms with Crippen LogP contribution in [-0.2, 0) is 9.59 Å². The van der Waals surface area contributed by atoms with Crippen molar-refractivity contribution in [3.63, 3.8) is 0 Å². The van der Waals surface area contributed by atoms with Gasteiger partial charge in [-0.3, -0.25) is 14.9 Å². The first-order valence-corrected chi connectivity index (χ1v) is 7.70. The Morgan fingerprint density at radius 1 is 1.29 bits per heavy atom. The molecule has 3 rings (SSSR count). The number of carbonyl (C=O) groups is 2. The maximum atomic E-state index is 12.4. The highest BCUT2D eigenvalue weighted by atomic mass is 16.5. The first-order valence-electron chi connectivity index (χ1n) is 7.70. The first kappa shape index (κ1) is 14.1. The molecule has 1 aromatic heterocycles. The quantitative estimate of drug-likeness (QED) is 0.847. The molecule has 114 valence electrons. The molecule has 0 radical (unpaired) electrons. The van der Waals surface area contributed by atoms with Gasteiger partial charge in [0.15, 0.2) is 5.82 Å². The van der Waals surface area contributed by atoms with Crippen LogP contribution in [0.2, 0.25) is 0 Å². The molecule has 2 heterocycles. The number of anilines is 1. The van der Waals surface area contributed by atoms with E-state index in [1.807, 2.05) is 0 Å². The van der Waals surface area contributed by atoms with Gasteiger partial charge in [-0.25, -0.2) is 0 Å². The highest BCUT2D eigenvalue weighted by Crippen LogP contribution is 2.35. The second-order valence-electron chi connectivity index (χ2n) is 6.03. The van der Waals surface area contributed by atoms with Crippen molar-refractivity contribution < 1.29 is 14.1 Å². The molecule has 1 saturated heterocycles. The molecule has 2 amide bonds. The van der Waals surface area contributed by atoms with Gasteiger partial charge in [-0.15, -0.1) is 0 Å². The zero-order chi connectivity index (χ0) is 14.8. The second kappa shape index (κ2) is 5.87. The average Bonchev–Trinajstić information content (AvgIpc) is 3.18. The molecule has 2 fully saturated rings. The van der Waals surface area contributed by atoms with Crippen LogP contribution < -0.4 is 5.32 Å². The van der Waals surface area contributed by atoms with Gasteiger partial charge >= 0.3 is 11.8 Å². The van der Waals surface area contributed by atoms with E-state index < -0.39 is 11.8 Å². The van der Waals surface area contributed by atoms with Crippen LogP contribution in [0, 0.1) is 12.8 Å². The predicted octanol–water partition coefficient (Wildman–Crippen LogP) is 2.10. The van der Waals surface area contributed by atoms with E-state index in [2.05, 4.69) is 10.5 Å². The molecule has 6 nitrogen and oxygen atoms in total. The third kappa shape index (κ3) is 2.94. The summed E-state index contributed by atoms with van der Waals surface area (Å²) < 4.78 is 4.88. The van der Waals surface area contributed by atoms with Crippen molar-refractivity contribution in [2.24, 2.45) is 5.92 Å². The Morgan fingerprint density at radius 2 is 2.05 bits per heavy atom. The van der Waals surface area contributed by atoms with E-state index in [-0.39, 0.29) is 6.04 Å². The standard InChI is InChI=1S/C15H21N3O3/c1-10-9-13(17-21-10)16-14(19)15(20)18-8-4-7-12(18)11-5-2-3-6-11/h9,11-12H,2-8H2,1H3,(H,16,17,19)/t12-/m0/s1. The van der Waals surface area contributed by atoms with E-state index in [0.717, 1.165) is 12.8 Å². The van der Waals surface area contributed by atoms with Crippen molar-refractivity contribution in [2.75, 3.05) is 11.9 Å². The molecule has 0 bridgehead atoms. The summed E-state index contributed by atoms with van der Waals surface area (Å²) >= 11 is 0. The normalized spacial score (nSPS) is 22.7. The van der Waals surface area contributed by atoms with E-state index in [1.54, 1.807) is 17.9 Å². The van der Waals surface area contributed by atoms with Gasteiger partial charge in [0.2, 0.25) is 0 Å². The van der Waals surface area contributed by atoms with E-state index in [1.165, 1.54) is 25.7 Å². The summed E-state index contributed by atoms with van der Waals surface area (Å²) in [6.07, 6.45) is 6.86. The van der Waals surface area contributed by atoms with Gasteiger partial charge in [0.05, 0.1) is 0 Å². The van der Waals surface area contributed by atoms with Crippen LogP contribution >= 0.6 is 0 Å². The van der Waals surface area contributed by atoms with Crippen molar-refractivity contribution in [2.45, 2.75) is 51.5 Å². The Kier molecular flexibility index (Phi) is 3.94. The second-order valence-corrected chi connectivity index (χ2v) is 6.03. The minimum Gasteiger partial charge on any atom is -0.360 e. The lowest BCUT2D eigenvalue weighted by Crippen LogP contribution is -2.45. The Bertz CT molecular complexity index is 534. The zero-order valence-electron chi connectivity index (χ0n) is 12.3. The van der Waals surface area contributed by atoms with Gasteiger partial charge in [0, 0.05) is 18.7 Å². The number of aromatic nitrogens is 1. The Labute approximate surface area is 123 Å². The fraction of sp³-hybridized carbons (Fsp3) is 0.667. The molecule has 2 aliphatic rings. The maximum absolute atomic E-state index is 12.4. The SMILES string of the molecule is Cc1cc(NC(=O)C(=O)N2CCC[C@H]2C2CCCC2)no1. The van der Waals surface area contributed by atoms with Crippen LogP contribution in [-0.4, -0.2) is 34.5 Å². The lowest BCUT2D eigenvalue weighted by Gasteiger charge is -2.28. The summed E-state index contributed by atoms with van der Waals surface area (Å²) in [6.45, 7) is 2.42. The van der Waals surface area contributed by atoms with Crippen molar-refractivity contribution >= 4 is 17.6 Å². The molecular formula is C15H21N3O3. The van der Waals surface area contributed by atoms with Gasteiger partial charge in [0.25, 0.3) is 0 Å². The number of rotatable bonds is 2. The molecule has 1 saturated carbocycles. The largest absolute Gasteiger partial charge is 0.360 e. The van der Waals surface area contributed by atoms with Crippen molar-refractivity contribution in [1.82, 2.24) is 10.1 Å². The highest BCUT2D eigenvalue weighted by Gasteiger charge is 2.38. The van der Waals surface area contributed by atoms with Crippen LogP contribution in [0.25, 0.3) is 0 Å². The fourth-order valence-corrected chi connectivity index (χ4v) is 3.60. The number of amides is 2. The van der Waals surface area contributed by atoms with E-state index in [4.69, 9.17) is 4.52 Å². The maximum Gasteiger partial charge on any atom is 0.315 e. The average molecular weight is 291 g/mol. The summed E-state index contributed by atoms with van der Waals surface area (Å²) in [5, 5.41) is 6.20. The summed E-state index contributed by atoms with van der Waals surface area (Å²) in [4.78, 5) is 26.2. The summed E-state index contributed by atoms with van der Waals surface area (Å²) in [7, 11) is 0. The Morgan fingerprint density at radius 3 is 2.71 bits per heavy atom. The number of hydrogen-bond acceptors (Lipinski definition) is 4. The summed E-state index contributed by atoms with van der Waals surface area (Å²) in [6, 6.07) is 1.84. The third-order valence-electron chi connectivity index (χ3n) is 4.57. The smallest absolute Gasteiger partial charge is 0.315 e. The summed E-state index contributed by atoms with van der Waals surface area (Å²) in [5.74, 6) is 0.405. The van der Waals surface area contributed by atoms with E-state index >= 15 is 0 Å². The van der Waals surface area contributed by atoms with Gasteiger partial charge in [-0.05, 0) is 38.5 Å². The Hall–Kier alpha value is -1.85. The minimum atomic E-state index is -0.617.